The second-order valence-electron chi connectivity index (χ2n) is 2.37. The Morgan fingerprint density at radius 2 is 2.08 bits per heavy atom. The third-order valence-electron chi connectivity index (χ3n) is 1.65. The number of fused-ring (bicyclic) bond motifs is 1. The van der Waals surface area contributed by atoms with Gasteiger partial charge in [0, 0.05) is 12.4 Å². The molecular formula is C10H6N2. The number of pyridine rings is 2. The Morgan fingerprint density at radius 1 is 1.17 bits per heavy atom. The van der Waals surface area contributed by atoms with E-state index in [0.29, 0.717) is 0 Å². The molecule has 2 aromatic heterocycles. The van der Waals surface area contributed by atoms with Crippen LogP contribution in [-0.2, 0) is 0 Å². The van der Waals surface area contributed by atoms with Gasteiger partial charge in [0.05, 0.1) is 11.1 Å². The number of hydrogen-bond donors (Lipinski definition) is 0. The van der Waals surface area contributed by atoms with Crippen molar-refractivity contribution >= 4 is 11.0 Å². The highest BCUT2D eigenvalue weighted by Crippen LogP contribution is 2.11. The lowest BCUT2D eigenvalue weighted by Crippen LogP contribution is -1.85. The first-order valence-electron chi connectivity index (χ1n) is 3.58. The second-order valence-corrected chi connectivity index (χ2v) is 2.37. The number of hydrogen-bond acceptors (Lipinski definition) is 2. The Balaban J connectivity index is 2.91. The summed E-state index contributed by atoms with van der Waals surface area (Å²) in [6, 6.07) is 5.52. The van der Waals surface area contributed by atoms with Crippen molar-refractivity contribution in [2.45, 2.75) is 0 Å². The first-order valence-corrected chi connectivity index (χ1v) is 3.58. The van der Waals surface area contributed by atoms with E-state index in [-0.39, 0.29) is 0 Å². The number of aromatic nitrogens is 2. The first kappa shape index (κ1) is 6.81. The maximum Gasteiger partial charge on any atom is 0.104 e. The first-order chi connectivity index (χ1) is 5.92. The normalized spacial score (nSPS) is 9.58. The molecule has 0 fully saturated rings. The maximum atomic E-state index is 5.30. The van der Waals surface area contributed by atoms with Crippen LogP contribution in [0, 0.1) is 12.3 Å². The fourth-order valence-electron chi connectivity index (χ4n) is 1.10. The van der Waals surface area contributed by atoms with Gasteiger partial charge in [-0.25, -0.2) is 0 Å². The highest BCUT2D eigenvalue weighted by Gasteiger charge is 1.97. The molecule has 0 bridgehead atoms. The van der Waals surface area contributed by atoms with E-state index < -0.39 is 0 Å². The lowest BCUT2D eigenvalue weighted by molar-refractivity contribution is 1.33. The summed E-state index contributed by atoms with van der Waals surface area (Å²) in [7, 11) is 0. The Hall–Kier alpha value is -1.88. The molecule has 2 rings (SSSR count). The van der Waals surface area contributed by atoms with E-state index >= 15 is 0 Å². The van der Waals surface area contributed by atoms with Gasteiger partial charge in [-0.2, -0.15) is 0 Å². The summed E-state index contributed by atoms with van der Waals surface area (Å²) >= 11 is 0. The molecular weight excluding hydrogens is 148 g/mol. The molecule has 0 aliphatic heterocycles. The van der Waals surface area contributed by atoms with Gasteiger partial charge >= 0.3 is 0 Å². The number of nitrogens with zero attached hydrogens (tertiary/aromatic N) is 2. The molecule has 0 N–H and O–H groups in total. The van der Waals surface area contributed by atoms with Crippen molar-refractivity contribution in [3.63, 3.8) is 0 Å². The van der Waals surface area contributed by atoms with Crippen molar-refractivity contribution < 1.29 is 0 Å². The summed E-state index contributed by atoms with van der Waals surface area (Å²) in [5, 5.41) is 0. The van der Waals surface area contributed by atoms with Crippen molar-refractivity contribution in [1.82, 2.24) is 9.97 Å². The highest BCUT2D eigenvalue weighted by molar-refractivity contribution is 5.80. The summed E-state index contributed by atoms with van der Waals surface area (Å²) in [5.74, 6) is 2.57. The van der Waals surface area contributed by atoms with Crippen LogP contribution in [0.25, 0.3) is 11.0 Å². The zero-order chi connectivity index (χ0) is 8.39. The number of terminal acetylenes is 1. The number of rotatable bonds is 0. The Labute approximate surface area is 70.3 Å². The summed E-state index contributed by atoms with van der Waals surface area (Å²) < 4.78 is 0. The summed E-state index contributed by atoms with van der Waals surface area (Å²) in [5.41, 5.74) is 2.43. The molecule has 2 aromatic rings. The largest absolute Gasteiger partial charge is 0.255 e. The third kappa shape index (κ3) is 0.923. The topological polar surface area (TPSA) is 25.8 Å². The minimum absolute atomic E-state index is 0.792. The Bertz CT molecular complexity index is 449. The average molecular weight is 154 g/mol. The van der Waals surface area contributed by atoms with Crippen molar-refractivity contribution in [3.05, 3.63) is 36.2 Å². The van der Waals surface area contributed by atoms with Crippen LogP contribution in [0.1, 0.15) is 5.56 Å². The van der Waals surface area contributed by atoms with Crippen molar-refractivity contribution in [1.29, 1.82) is 0 Å². The van der Waals surface area contributed by atoms with Crippen LogP contribution < -0.4 is 0 Å². The van der Waals surface area contributed by atoms with E-state index in [4.69, 9.17) is 6.42 Å². The van der Waals surface area contributed by atoms with Gasteiger partial charge in [0.2, 0.25) is 0 Å². The Kier molecular flexibility index (Phi) is 1.49. The van der Waals surface area contributed by atoms with Gasteiger partial charge in [-0.15, -0.1) is 6.42 Å². The van der Waals surface area contributed by atoms with E-state index in [1.165, 1.54) is 0 Å². The fraction of sp³-hybridized carbons (Fsp3) is 0. The molecule has 0 atom stereocenters. The molecule has 0 spiro atoms. The standard InChI is InChI=1S/C10H6N2/c1-2-8-5-7-11-9-4-3-6-12-10(8)9/h1,3-7H. The van der Waals surface area contributed by atoms with Crippen LogP contribution in [0.5, 0.6) is 0 Å². The minimum Gasteiger partial charge on any atom is -0.255 e. The van der Waals surface area contributed by atoms with Gasteiger partial charge < -0.3 is 0 Å². The predicted molar refractivity (Wildman–Crippen MR) is 47.5 cm³/mol. The van der Waals surface area contributed by atoms with Crippen molar-refractivity contribution in [3.8, 4) is 12.3 Å². The van der Waals surface area contributed by atoms with Crippen LogP contribution in [0.4, 0.5) is 0 Å². The van der Waals surface area contributed by atoms with Gasteiger partial charge in [0.1, 0.15) is 5.52 Å². The lowest BCUT2D eigenvalue weighted by atomic mass is 10.2. The molecule has 2 heteroatoms. The molecule has 2 heterocycles. The summed E-state index contributed by atoms with van der Waals surface area (Å²) in [6.45, 7) is 0. The van der Waals surface area contributed by atoms with E-state index in [9.17, 15) is 0 Å². The fourth-order valence-corrected chi connectivity index (χ4v) is 1.10. The van der Waals surface area contributed by atoms with Crippen LogP contribution in [0.3, 0.4) is 0 Å². The molecule has 0 radical (unpaired) electrons. The van der Waals surface area contributed by atoms with Gasteiger partial charge in [-0.05, 0) is 18.2 Å². The van der Waals surface area contributed by atoms with Crippen molar-refractivity contribution in [2.24, 2.45) is 0 Å². The molecule has 12 heavy (non-hydrogen) atoms. The lowest BCUT2D eigenvalue weighted by Gasteiger charge is -1.96. The molecule has 0 amide bonds. The van der Waals surface area contributed by atoms with Gasteiger partial charge in [0.25, 0.3) is 0 Å². The quantitative estimate of drug-likeness (QED) is 0.539. The molecule has 2 nitrogen and oxygen atoms in total. The smallest absolute Gasteiger partial charge is 0.104 e. The van der Waals surface area contributed by atoms with Crippen LogP contribution in [0.2, 0.25) is 0 Å². The van der Waals surface area contributed by atoms with Crippen LogP contribution in [-0.4, -0.2) is 9.97 Å². The zero-order valence-corrected chi connectivity index (χ0v) is 6.36. The molecule has 0 unspecified atom stereocenters. The zero-order valence-electron chi connectivity index (χ0n) is 6.36. The average Bonchev–Trinajstić information content (AvgIpc) is 2.17. The summed E-state index contributed by atoms with van der Waals surface area (Å²) in [6.07, 6.45) is 8.70. The SMILES string of the molecule is C#Cc1ccnc2cccnc12. The predicted octanol–water partition coefficient (Wildman–Crippen LogP) is 1.61. The third-order valence-corrected chi connectivity index (χ3v) is 1.65. The Morgan fingerprint density at radius 3 is 2.92 bits per heavy atom. The second kappa shape index (κ2) is 2.63. The molecule has 0 saturated carbocycles. The van der Waals surface area contributed by atoms with E-state index in [2.05, 4.69) is 15.9 Å². The minimum atomic E-state index is 0.792. The van der Waals surface area contributed by atoms with Gasteiger partial charge in [-0.3, -0.25) is 9.97 Å². The molecule has 56 valence electrons. The van der Waals surface area contributed by atoms with E-state index in [1.54, 1.807) is 18.5 Å². The van der Waals surface area contributed by atoms with Crippen LogP contribution in [0.15, 0.2) is 30.6 Å². The van der Waals surface area contributed by atoms with Crippen LogP contribution >= 0.6 is 0 Å². The molecule has 0 aromatic carbocycles. The van der Waals surface area contributed by atoms with Gasteiger partial charge in [0.15, 0.2) is 0 Å². The molecule has 0 saturated heterocycles. The van der Waals surface area contributed by atoms with Crippen molar-refractivity contribution in [2.75, 3.05) is 0 Å². The van der Waals surface area contributed by atoms with E-state index in [0.717, 1.165) is 16.6 Å². The summed E-state index contributed by atoms with van der Waals surface area (Å²) in [4.78, 5) is 8.28. The van der Waals surface area contributed by atoms with Gasteiger partial charge in [-0.1, -0.05) is 5.92 Å². The molecule has 0 aliphatic rings. The van der Waals surface area contributed by atoms with E-state index in [1.807, 2.05) is 12.1 Å². The molecule has 0 aliphatic carbocycles. The maximum absolute atomic E-state index is 5.30. The highest BCUT2D eigenvalue weighted by atomic mass is 14.7. The monoisotopic (exact) mass is 154 g/mol.